The minimum Gasteiger partial charge on any atom is -0.479 e. The highest BCUT2D eigenvalue weighted by Gasteiger charge is 2.29. The van der Waals surface area contributed by atoms with Crippen LogP contribution in [-0.2, 0) is 9.59 Å². The second-order valence-corrected chi connectivity index (χ2v) is 4.18. The fourth-order valence-electron chi connectivity index (χ4n) is 1.75. The normalized spacial score (nSPS) is 26.4. The van der Waals surface area contributed by atoms with E-state index >= 15 is 0 Å². The SMILES string of the molecule is CC1CNCC1C(=O)NCCC(O)C(=O)O. The summed E-state index contributed by atoms with van der Waals surface area (Å²) in [5.74, 6) is -1.09. The zero-order valence-corrected chi connectivity index (χ0v) is 9.27. The molecule has 1 fully saturated rings. The lowest BCUT2D eigenvalue weighted by molar-refractivity contribution is -0.147. The number of carboxylic acid groups (broad SMARTS) is 1. The molecule has 1 heterocycles. The van der Waals surface area contributed by atoms with Crippen LogP contribution in [0, 0.1) is 11.8 Å². The van der Waals surface area contributed by atoms with Crippen molar-refractivity contribution in [1.82, 2.24) is 10.6 Å². The van der Waals surface area contributed by atoms with Gasteiger partial charge >= 0.3 is 5.97 Å². The summed E-state index contributed by atoms with van der Waals surface area (Å²) in [7, 11) is 0. The van der Waals surface area contributed by atoms with E-state index in [2.05, 4.69) is 10.6 Å². The lowest BCUT2D eigenvalue weighted by atomic mass is 9.97. The highest BCUT2D eigenvalue weighted by Crippen LogP contribution is 2.15. The Bertz CT molecular complexity index is 270. The third kappa shape index (κ3) is 3.46. The predicted octanol–water partition coefficient (Wildman–Crippen LogP) is -1.21. The third-order valence-corrected chi connectivity index (χ3v) is 2.86. The molecule has 92 valence electrons. The fourth-order valence-corrected chi connectivity index (χ4v) is 1.75. The summed E-state index contributed by atoms with van der Waals surface area (Å²) in [6, 6.07) is 0. The number of aliphatic hydroxyl groups excluding tert-OH is 1. The Balaban J connectivity index is 2.22. The number of rotatable bonds is 5. The Labute approximate surface area is 94.0 Å². The van der Waals surface area contributed by atoms with Crippen LogP contribution < -0.4 is 10.6 Å². The van der Waals surface area contributed by atoms with E-state index in [1.165, 1.54) is 0 Å². The number of amides is 1. The molecule has 0 aromatic heterocycles. The Kier molecular flexibility index (Phi) is 4.70. The number of nitrogens with one attached hydrogen (secondary N) is 2. The van der Waals surface area contributed by atoms with Crippen LogP contribution >= 0.6 is 0 Å². The molecule has 3 unspecified atom stereocenters. The van der Waals surface area contributed by atoms with Crippen LogP contribution in [0.1, 0.15) is 13.3 Å². The van der Waals surface area contributed by atoms with Crippen molar-refractivity contribution in [3.8, 4) is 0 Å². The van der Waals surface area contributed by atoms with Crippen LogP contribution in [-0.4, -0.2) is 47.8 Å². The summed E-state index contributed by atoms with van der Waals surface area (Å²) < 4.78 is 0. The van der Waals surface area contributed by atoms with Crippen LogP contribution in [0.4, 0.5) is 0 Å². The van der Waals surface area contributed by atoms with E-state index in [1.807, 2.05) is 6.92 Å². The second-order valence-electron chi connectivity index (χ2n) is 4.18. The monoisotopic (exact) mass is 230 g/mol. The summed E-state index contributed by atoms with van der Waals surface area (Å²) in [5.41, 5.74) is 0. The number of hydrogen-bond acceptors (Lipinski definition) is 4. The maximum absolute atomic E-state index is 11.6. The molecule has 0 aromatic carbocycles. The molecular weight excluding hydrogens is 212 g/mol. The minimum absolute atomic E-state index is 0.0373. The van der Waals surface area contributed by atoms with Crippen LogP contribution in [0.15, 0.2) is 0 Å². The van der Waals surface area contributed by atoms with Gasteiger partial charge in [0.15, 0.2) is 6.10 Å². The van der Waals surface area contributed by atoms with Gasteiger partial charge in [0, 0.05) is 19.5 Å². The molecule has 6 nitrogen and oxygen atoms in total. The van der Waals surface area contributed by atoms with Gasteiger partial charge in [-0.05, 0) is 12.5 Å². The second kappa shape index (κ2) is 5.81. The van der Waals surface area contributed by atoms with E-state index in [0.717, 1.165) is 6.54 Å². The highest BCUT2D eigenvalue weighted by atomic mass is 16.4. The van der Waals surface area contributed by atoms with Crippen LogP contribution in [0.5, 0.6) is 0 Å². The van der Waals surface area contributed by atoms with E-state index < -0.39 is 12.1 Å². The Morgan fingerprint density at radius 1 is 1.50 bits per heavy atom. The molecule has 4 N–H and O–H groups in total. The van der Waals surface area contributed by atoms with Gasteiger partial charge in [-0.1, -0.05) is 6.92 Å². The minimum atomic E-state index is -1.40. The summed E-state index contributed by atoms with van der Waals surface area (Å²) in [5, 5.41) is 23.2. The molecule has 1 aliphatic rings. The highest BCUT2D eigenvalue weighted by molar-refractivity contribution is 5.79. The molecule has 0 aromatic rings. The molecule has 6 heteroatoms. The van der Waals surface area contributed by atoms with E-state index in [9.17, 15) is 9.59 Å². The first-order chi connectivity index (χ1) is 7.52. The third-order valence-electron chi connectivity index (χ3n) is 2.86. The van der Waals surface area contributed by atoms with Crippen LogP contribution in [0.2, 0.25) is 0 Å². The zero-order valence-electron chi connectivity index (χ0n) is 9.27. The lowest BCUT2D eigenvalue weighted by Crippen LogP contribution is -2.36. The largest absolute Gasteiger partial charge is 0.479 e. The maximum Gasteiger partial charge on any atom is 0.332 e. The number of carboxylic acids is 1. The zero-order chi connectivity index (χ0) is 12.1. The maximum atomic E-state index is 11.6. The van der Waals surface area contributed by atoms with Gasteiger partial charge in [0.1, 0.15) is 0 Å². The van der Waals surface area contributed by atoms with Crippen molar-refractivity contribution in [3.05, 3.63) is 0 Å². The van der Waals surface area contributed by atoms with Crippen molar-refractivity contribution in [2.75, 3.05) is 19.6 Å². The lowest BCUT2D eigenvalue weighted by Gasteiger charge is -2.14. The van der Waals surface area contributed by atoms with E-state index in [-0.39, 0.29) is 24.8 Å². The molecule has 1 aliphatic heterocycles. The topological polar surface area (TPSA) is 98.7 Å². The first-order valence-electron chi connectivity index (χ1n) is 5.41. The Morgan fingerprint density at radius 3 is 2.69 bits per heavy atom. The first kappa shape index (κ1) is 12.9. The average molecular weight is 230 g/mol. The Morgan fingerprint density at radius 2 is 2.19 bits per heavy atom. The fraction of sp³-hybridized carbons (Fsp3) is 0.800. The molecule has 1 saturated heterocycles. The van der Waals surface area contributed by atoms with Crippen molar-refractivity contribution in [2.24, 2.45) is 11.8 Å². The van der Waals surface area contributed by atoms with Gasteiger partial charge in [0.05, 0.1) is 5.92 Å². The quantitative estimate of drug-likeness (QED) is 0.475. The van der Waals surface area contributed by atoms with E-state index in [0.29, 0.717) is 12.5 Å². The summed E-state index contributed by atoms with van der Waals surface area (Å²) in [4.78, 5) is 21.9. The molecular formula is C10H18N2O4. The molecule has 0 radical (unpaired) electrons. The van der Waals surface area contributed by atoms with Crippen molar-refractivity contribution < 1.29 is 19.8 Å². The number of carbonyl (C=O) groups excluding carboxylic acids is 1. The van der Waals surface area contributed by atoms with Crippen molar-refractivity contribution >= 4 is 11.9 Å². The van der Waals surface area contributed by atoms with Gasteiger partial charge in [-0.15, -0.1) is 0 Å². The van der Waals surface area contributed by atoms with E-state index in [1.54, 1.807) is 0 Å². The van der Waals surface area contributed by atoms with Crippen molar-refractivity contribution in [2.45, 2.75) is 19.4 Å². The summed E-state index contributed by atoms with van der Waals surface area (Å²) in [6.45, 7) is 3.68. The van der Waals surface area contributed by atoms with Gasteiger partial charge in [0.25, 0.3) is 0 Å². The molecule has 16 heavy (non-hydrogen) atoms. The number of aliphatic hydroxyl groups is 1. The molecule has 1 amide bonds. The Hall–Kier alpha value is -1.14. The molecule has 0 aliphatic carbocycles. The van der Waals surface area contributed by atoms with Crippen molar-refractivity contribution in [3.63, 3.8) is 0 Å². The van der Waals surface area contributed by atoms with Gasteiger partial charge < -0.3 is 20.8 Å². The van der Waals surface area contributed by atoms with Gasteiger partial charge in [-0.25, -0.2) is 4.79 Å². The van der Waals surface area contributed by atoms with Crippen molar-refractivity contribution in [1.29, 1.82) is 0 Å². The number of aliphatic carboxylic acids is 1. The molecule has 0 saturated carbocycles. The van der Waals surface area contributed by atoms with E-state index in [4.69, 9.17) is 10.2 Å². The predicted molar refractivity (Wildman–Crippen MR) is 56.8 cm³/mol. The molecule has 0 bridgehead atoms. The summed E-state index contributed by atoms with van der Waals surface area (Å²) >= 11 is 0. The smallest absolute Gasteiger partial charge is 0.332 e. The van der Waals surface area contributed by atoms with Crippen LogP contribution in [0.25, 0.3) is 0 Å². The molecule has 3 atom stereocenters. The molecule has 1 rings (SSSR count). The van der Waals surface area contributed by atoms with Crippen LogP contribution in [0.3, 0.4) is 0 Å². The van der Waals surface area contributed by atoms with Gasteiger partial charge in [-0.2, -0.15) is 0 Å². The number of carbonyl (C=O) groups is 2. The first-order valence-corrected chi connectivity index (χ1v) is 5.41. The van der Waals surface area contributed by atoms with Gasteiger partial charge in [0.2, 0.25) is 5.91 Å². The molecule has 0 spiro atoms. The standard InChI is InChI=1S/C10H18N2O4/c1-6-4-11-5-7(6)9(14)12-3-2-8(13)10(15)16/h6-8,11,13H,2-5H2,1H3,(H,12,14)(H,15,16). The number of hydrogen-bond donors (Lipinski definition) is 4. The van der Waals surface area contributed by atoms with Gasteiger partial charge in [-0.3, -0.25) is 4.79 Å². The summed E-state index contributed by atoms with van der Waals surface area (Å²) in [6.07, 6.45) is -1.37. The average Bonchev–Trinajstić information content (AvgIpc) is 2.64.